The number of amides is 1. The van der Waals surface area contributed by atoms with Crippen molar-refractivity contribution >= 4 is 27.5 Å². The molecule has 3 aromatic carbocycles. The van der Waals surface area contributed by atoms with Crippen LogP contribution in [0.5, 0.6) is 11.5 Å². The van der Waals surface area contributed by atoms with Crippen LogP contribution >= 0.6 is 15.9 Å². The summed E-state index contributed by atoms with van der Waals surface area (Å²) in [4.78, 5) is 27.4. The fourth-order valence-corrected chi connectivity index (χ4v) is 6.09. The normalized spacial score (nSPS) is 22.9. The number of carbonyl (C=O) groups excluding carboxylic acids is 1. The molecular formula is C27H26BrN3O5. The number of carbonyl (C=O) groups is 1. The third kappa shape index (κ3) is 3.83. The molecule has 2 aliphatic heterocycles. The number of nitrogens with zero attached hydrogens (tertiary/aromatic N) is 2. The fraction of sp³-hybridized carbons (Fsp3) is 0.296. The molecule has 186 valence electrons. The minimum atomic E-state index is -1.40. The van der Waals surface area contributed by atoms with Crippen LogP contribution in [0.3, 0.4) is 0 Å². The number of benzene rings is 3. The van der Waals surface area contributed by atoms with E-state index in [9.17, 15) is 14.9 Å². The van der Waals surface area contributed by atoms with Crippen LogP contribution in [-0.2, 0) is 16.9 Å². The summed E-state index contributed by atoms with van der Waals surface area (Å²) in [6.07, 6.45) is 0. The van der Waals surface area contributed by atoms with E-state index in [0.717, 1.165) is 5.56 Å². The summed E-state index contributed by atoms with van der Waals surface area (Å²) in [5.41, 5.74) is 1.57. The van der Waals surface area contributed by atoms with Gasteiger partial charge in [0.2, 0.25) is 0 Å². The summed E-state index contributed by atoms with van der Waals surface area (Å²) in [7, 11) is 1.77. The monoisotopic (exact) mass is 551 g/mol. The maximum absolute atomic E-state index is 13.4. The highest BCUT2D eigenvalue weighted by atomic mass is 79.9. The number of ether oxygens (including phenoxy) is 2. The Kier molecular flexibility index (Phi) is 6.44. The Labute approximate surface area is 217 Å². The van der Waals surface area contributed by atoms with Gasteiger partial charge in [0.05, 0.1) is 17.0 Å². The van der Waals surface area contributed by atoms with Crippen LogP contribution in [0.1, 0.15) is 29.5 Å². The van der Waals surface area contributed by atoms with E-state index < -0.39 is 17.5 Å². The van der Waals surface area contributed by atoms with Crippen molar-refractivity contribution in [3.63, 3.8) is 0 Å². The van der Waals surface area contributed by atoms with Gasteiger partial charge in [-0.1, -0.05) is 48.5 Å². The number of likely N-dealkylation sites (tertiary alicyclic amines) is 1. The Bertz CT molecular complexity index is 1320. The number of anilines is 1. The number of fused-ring (bicyclic) bond motifs is 2. The molecule has 0 radical (unpaired) electrons. The van der Waals surface area contributed by atoms with Gasteiger partial charge >= 0.3 is 0 Å². The van der Waals surface area contributed by atoms with Gasteiger partial charge in [0.25, 0.3) is 11.9 Å². The highest BCUT2D eigenvalue weighted by Crippen LogP contribution is 2.53. The number of para-hydroxylation sites is 1. The van der Waals surface area contributed by atoms with Crippen LogP contribution in [0.15, 0.2) is 71.2 Å². The van der Waals surface area contributed by atoms with Gasteiger partial charge in [-0.25, -0.2) is 0 Å². The van der Waals surface area contributed by atoms with Gasteiger partial charge in [0.1, 0.15) is 6.61 Å². The van der Waals surface area contributed by atoms with Gasteiger partial charge in [-0.15, -0.1) is 0 Å². The highest BCUT2D eigenvalue weighted by Gasteiger charge is 2.68. The molecule has 1 spiro atoms. The van der Waals surface area contributed by atoms with Gasteiger partial charge in [0.15, 0.2) is 17.0 Å². The van der Waals surface area contributed by atoms with Crippen molar-refractivity contribution in [2.45, 2.75) is 31.0 Å². The molecule has 2 aliphatic rings. The molecule has 3 atom stereocenters. The van der Waals surface area contributed by atoms with E-state index >= 15 is 0 Å². The zero-order chi connectivity index (χ0) is 25.4. The van der Waals surface area contributed by atoms with Gasteiger partial charge < -0.3 is 14.8 Å². The summed E-state index contributed by atoms with van der Waals surface area (Å²) < 4.78 is 12.6. The minimum Gasteiger partial charge on any atom is -0.490 e. The largest absolute Gasteiger partial charge is 0.490 e. The third-order valence-electron chi connectivity index (χ3n) is 7.03. The molecule has 8 nitrogen and oxygen atoms in total. The zero-order valence-electron chi connectivity index (χ0n) is 19.9. The molecule has 1 fully saturated rings. The van der Waals surface area contributed by atoms with E-state index in [-0.39, 0.29) is 10.8 Å². The molecule has 0 bridgehead atoms. The maximum atomic E-state index is 13.4. The van der Waals surface area contributed by atoms with E-state index in [1.54, 1.807) is 30.1 Å². The van der Waals surface area contributed by atoms with Gasteiger partial charge in [-0.2, -0.15) is 0 Å². The van der Waals surface area contributed by atoms with E-state index in [4.69, 9.17) is 9.47 Å². The third-order valence-corrected chi connectivity index (χ3v) is 7.62. The Morgan fingerprint density at radius 3 is 2.58 bits per heavy atom. The minimum absolute atomic E-state index is 0.316. The second kappa shape index (κ2) is 9.55. The molecule has 0 aromatic heterocycles. The first kappa shape index (κ1) is 24.3. The predicted octanol–water partition coefficient (Wildman–Crippen LogP) is 4.95. The van der Waals surface area contributed by atoms with Crippen molar-refractivity contribution in [2.24, 2.45) is 0 Å². The number of halogens is 1. The first-order chi connectivity index (χ1) is 17.4. The van der Waals surface area contributed by atoms with E-state index in [0.29, 0.717) is 52.5 Å². The standard InChI is InChI=1S/C27H26BrN3O5/c1-3-35-23-14-18(13-21(28)24(23)36-16-17-9-5-4-6-10-17)19-15-30(2)27(25(19)31(33)34)20-11-7-8-12-22(20)29-26(27)32/h4-14,19,25H,3,15-16H2,1-2H3,(H,29,32)/t19-,25-,27+/m0/s1. The SMILES string of the molecule is CCOc1cc([C@@H]2CN(C)[C@@]3(C(=O)Nc4ccccc43)[C@H]2[N+](=O)[O-])cc(Br)c1OCc1ccccc1. The number of hydrogen-bond acceptors (Lipinski definition) is 6. The first-order valence-electron chi connectivity index (χ1n) is 11.8. The molecule has 3 aromatic rings. The van der Waals surface area contributed by atoms with Crippen LogP contribution in [0, 0.1) is 10.1 Å². The Morgan fingerprint density at radius 2 is 1.86 bits per heavy atom. The predicted molar refractivity (Wildman–Crippen MR) is 139 cm³/mol. The molecule has 1 N–H and O–H groups in total. The molecule has 9 heteroatoms. The average Bonchev–Trinajstić information content (AvgIpc) is 3.34. The van der Waals surface area contributed by atoms with Crippen molar-refractivity contribution in [3.8, 4) is 11.5 Å². The van der Waals surface area contributed by atoms with Crippen molar-refractivity contribution in [1.29, 1.82) is 0 Å². The average molecular weight is 552 g/mol. The second-order valence-corrected chi connectivity index (χ2v) is 9.87. The number of rotatable bonds is 7. The summed E-state index contributed by atoms with van der Waals surface area (Å²) in [6.45, 7) is 2.96. The van der Waals surface area contributed by atoms with Crippen LogP contribution < -0.4 is 14.8 Å². The molecule has 36 heavy (non-hydrogen) atoms. The zero-order valence-corrected chi connectivity index (χ0v) is 21.5. The highest BCUT2D eigenvalue weighted by molar-refractivity contribution is 9.10. The summed E-state index contributed by atoms with van der Waals surface area (Å²) in [6, 6.07) is 19.4. The Morgan fingerprint density at radius 1 is 1.14 bits per heavy atom. The lowest BCUT2D eigenvalue weighted by Crippen LogP contribution is -2.54. The van der Waals surface area contributed by atoms with E-state index in [1.807, 2.05) is 55.5 Å². The quantitative estimate of drug-likeness (QED) is 0.330. The van der Waals surface area contributed by atoms with Crippen molar-refractivity contribution in [1.82, 2.24) is 4.90 Å². The van der Waals surface area contributed by atoms with Gasteiger partial charge in [-0.3, -0.25) is 19.8 Å². The molecule has 2 heterocycles. The summed E-state index contributed by atoms with van der Waals surface area (Å²) in [5.74, 6) is 0.106. The Balaban J connectivity index is 1.55. The Hall–Kier alpha value is -3.43. The van der Waals surface area contributed by atoms with Crippen LogP contribution in [0.4, 0.5) is 5.69 Å². The van der Waals surface area contributed by atoms with E-state index in [1.165, 1.54) is 0 Å². The van der Waals surface area contributed by atoms with Gasteiger partial charge in [-0.05, 0) is 59.2 Å². The second-order valence-electron chi connectivity index (χ2n) is 9.02. The van der Waals surface area contributed by atoms with Crippen molar-refractivity contribution in [3.05, 3.63) is 98.0 Å². The van der Waals surface area contributed by atoms with Gasteiger partial charge in [0, 0.05) is 22.7 Å². The molecule has 0 saturated carbocycles. The lowest BCUT2D eigenvalue weighted by Gasteiger charge is -2.30. The first-order valence-corrected chi connectivity index (χ1v) is 12.6. The molecule has 0 unspecified atom stereocenters. The van der Waals surface area contributed by atoms with Crippen LogP contribution in [-0.4, -0.2) is 42.0 Å². The lowest BCUT2D eigenvalue weighted by atomic mass is 9.79. The maximum Gasteiger partial charge on any atom is 0.256 e. The molecule has 0 aliphatic carbocycles. The molecule has 5 rings (SSSR count). The summed E-state index contributed by atoms with van der Waals surface area (Å²) >= 11 is 3.61. The lowest BCUT2D eigenvalue weighted by molar-refractivity contribution is -0.534. The molecular weight excluding hydrogens is 526 g/mol. The van der Waals surface area contributed by atoms with Crippen LogP contribution in [0.25, 0.3) is 0 Å². The van der Waals surface area contributed by atoms with Crippen molar-refractivity contribution in [2.75, 3.05) is 25.5 Å². The number of hydrogen-bond donors (Lipinski definition) is 1. The number of nitrogens with one attached hydrogen (secondary N) is 1. The topological polar surface area (TPSA) is 93.9 Å². The van der Waals surface area contributed by atoms with Crippen molar-refractivity contribution < 1.29 is 19.2 Å². The van der Waals surface area contributed by atoms with Crippen LogP contribution in [0.2, 0.25) is 0 Å². The molecule has 1 saturated heterocycles. The summed E-state index contributed by atoms with van der Waals surface area (Å²) in [5, 5.41) is 15.5. The fourth-order valence-electron chi connectivity index (χ4n) is 5.51. The molecule has 1 amide bonds. The number of likely N-dealkylation sites (N-methyl/N-ethyl adjacent to an activating group) is 1. The number of nitro groups is 1. The smallest absolute Gasteiger partial charge is 0.256 e. The van der Waals surface area contributed by atoms with E-state index in [2.05, 4.69) is 21.2 Å².